The van der Waals surface area contributed by atoms with Crippen LogP contribution in [0.4, 0.5) is 0 Å². The second-order valence-corrected chi connectivity index (χ2v) is 6.76. The first-order chi connectivity index (χ1) is 12.1. The molecule has 0 radical (unpaired) electrons. The maximum atomic E-state index is 12.9. The van der Waals surface area contributed by atoms with Crippen molar-refractivity contribution in [3.05, 3.63) is 57.4 Å². The maximum Gasteiger partial charge on any atom is 0.355 e. The summed E-state index contributed by atoms with van der Waals surface area (Å²) >= 11 is 6.31. The summed E-state index contributed by atoms with van der Waals surface area (Å²) in [6, 6.07) is 7.63. The van der Waals surface area contributed by atoms with Crippen molar-refractivity contribution in [2.24, 2.45) is 0 Å². The van der Waals surface area contributed by atoms with E-state index in [9.17, 15) is 9.59 Å². The van der Waals surface area contributed by atoms with Crippen molar-refractivity contribution in [1.29, 1.82) is 0 Å². The highest BCUT2D eigenvalue weighted by atomic mass is 35.5. The molecule has 132 valence electrons. The summed E-state index contributed by atoms with van der Waals surface area (Å²) in [5.74, 6) is -0.291. The average molecular weight is 360 g/mol. The van der Waals surface area contributed by atoms with Crippen LogP contribution in [0.3, 0.4) is 0 Å². The Morgan fingerprint density at radius 3 is 2.72 bits per heavy atom. The van der Waals surface area contributed by atoms with Crippen LogP contribution in [0.15, 0.2) is 24.3 Å². The fourth-order valence-electron chi connectivity index (χ4n) is 3.63. The molecule has 0 spiro atoms. The number of H-pyrrole nitrogens is 1. The number of halogens is 1. The molecule has 1 aliphatic carbocycles. The summed E-state index contributed by atoms with van der Waals surface area (Å²) in [6.07, 6.45) is 2.62. The average Bonchev–Trinajstić information content (AvgIpc) is 2.95. The molecule has 0 saturated carbocycles. The number of carbonyl (C=O) groups excluding carboxylic acids is 2. The number of ketones is 1. The highest BCUT2D eigenvalue weighted by molar-refractivity contribution is 6.31. The van der Waals surface area contributed by atoms with Gasteiger partial charge in [0.1, 0.15) is 5.69 Å². The van der Waals surface area contributed by atoms with Crippen molar-refractivity contribution in [1.82, 2.24) is 4.98 Å². The molecule has 0 aliphatic heterocycles. The Morgan fingerprint density at radius 1 is 1.28 bits per heavy atom. The standard InChI is InChI=1S/C20H22ClNO3/c1-3-7-14-18-16(22-19(14)20(24)25-4-2)10-12(11-17(18)23)13-8-5-6-9-15(13)21/h5-6,8-9,12,22H,3-4,7,10-11H2,1-2H3. The van der Waals surface area contributed by atoms with Gasteiger partial charge in [-0.3, -0.25) is 4.79 Å². The van der Waals surface area contributed by atoms with Gasteiger partial charge in [0, 0.05) is 22.7 Å². The van der Waals surface area contributed by atoms with Crippen LogP contribution in [0.2, 0.25) is 5.02 Å². The molecule has 4 nitrogen and oxygen atoms in total. The molecule has 0 bridgehead atoms. The molecule has 0 saturated heterocycles. The predicted octanol–water partition coefficient (Wildman–Crippen LogP) is 4.71. The van der Waals surface area contributed by atoms with E-state index in [0.29, 0.717) is 42.1 Å². The lowest BCUT2D eigenvalue weighted by Gasteiger charge is -2.23. The number of esters is 1. The van der Waals surface area contributed by atoms with Gasteiger partial charge in [0.05, 0.1) is 6.61 Å². The Hall–Kier alpha value is -2.07. The first-order valence-corrected chi connectivity index (χ1v) is 9.13. The van der Waals surface area contributed by atoms with E-state index in [2.05, 4.69) is 4.98 Å². The number of hydrogen-bond acceptors (Lipinski definition) is 3. The molecule has 0 amide bonds. The van der Waals surface area contributed by atoms with Gasteiger partial charge in [-0.1, -0.05) is 43.1 Å². The highest BCUT2D eigenvalue weighted by Crippen LogP contribution is 2.38. The van der Waals surface area contributed by atoms with Crippen molar-refractivity contribution in [3.8, 4) is 0 Å². The first-order valence-electron chi connectivity index (χ1n) is 8.75. The molecule has 1 aliphatic rings. The number of aromatic nitrogens is 1. The largest absolute Gasteiger partial charge is 0.461 e. The van der Waals surface area contributed by atoms with Gasteiger partial charge in [0.25, 0.3) is 0 Å². The van der Waals surface area contributed by atoms with Crippen molar-refractivity contribution >= 4 is 23.4 Å². The molecule has 0 fully saturated rings. The van der Waals surface area contributed by atoms with Crippen LogP contribution in [0, 0.1) is 0 Å². The molecule has 1 heterocycles. The van der Waals surface area contributed by atoms with E-state index in [1.54, 1.807) is 6.92 Å². The van der Waals surface area contributed by atoms with E-state index in [-0.39, 0.29) is 17.7 Å². The Bertz CT molecular complexity index is 809. The lowest BCUT2D eigenvalue weighted by molar-refractivity contribution is 0.0518. The van der Waals surface area contributed by atoms with Crippen LogP contribution in [0.1, 0.15) is 70.3 Å². The summed E-state index contributed by atoms with van der Waals surface area (Å²) in [5, 5.41) is 0.676. The minimum absolute atomic E-state index is 0.0249. The lowest BCUT2D eigenvalue weighted by Crippen LogP contribution is -2.19. The molecule has 1 unspecified atom stereocenters. The summed E-state index contributed by atoms with van der Waals surface area (Å²) in [7, 11) is 0. The molecule has 1 N–H and O–H groups in total. The van der Waals surface area contributed by atoms with E-state index >= 15 is 0 Å². The highest BCUT2D eigenvalue weighted by Gasteiger charge is 2.33. The lowest BCUT2D eigenvalue weighted by atomic mass is 9.81. The Morgan fingerprint density at radius 2 is 2.04 bits per heavy atom. The van der Waals surface area contributed by atoms with Crippen molar-refractivity contribution in [2.75, 3.05) is 6.61 Å². The smallest absolute Gasteiger partial charge is 0.355 e. The zero-order valence-corrected chi connectivity index (χ0v) is 15.3. The van der Waals surface area contributed by atoms with Gasteiger partial charge in [0.15, 0.2) is 5.78 Å². The number of carbonyl (C=O) groups is 2. The van der Waals surface area contributed by atoms with Gasteiger partial charge < -0.3 is 9.72 Å². The number of fused-ring (bicyclic) bond motifs is 1. The number of hydrogen-bond donors (Lipinski definition) is 1. The zero-order valence-electron chi connectivity index (χ0n) is 14.5. The normalized spacial score (nSPS) is 16.6. The molecule has 1 aromatic carbocycles. The van der Waals surface area contributed by atoms with Crippen molar-refractivity contribution in [2.45, 2.75) is 45.4 Å². The number of benzene rings is 1. The summed E-state index contributed by atoms with van der Waals surface area (Å²) < 4.78 is 5.16. The summed E-state index contributed by atoms with van der Waals surface area (Å²) in [6.45, 7) is 4.12. The SMILES string of the molecule is CCCc1c(C(=O)OCC)[nH]c2c1C(=O)CC(c1ccccc1Cl)C2. The molecule has 1 atom stereocenters. The van der Waals surface area contributed by atoms with E-state index in [4.69, 9.17) is 16.3 Å². The topological polar surface area (TPSA) is 59.2 Å². The minimum Gasteiger partial charge on any atom is -0.461 e. The Balaban J connectivity index is 2.01. The molecule has 5 heteroatoms. The van der Waals surface area contributed by atoms with Gasteiger partial charge in [-0.05, 0) is 42.9 Å². The van der Waals surface area contributed by atoms with Gasteiger partial charge in [-0.2, -0.15) is 0 Å². The van der Waals surface area contributed by atoms with Gasteiger partial charge in [-0.25, -0.2) is 4.79 Å². The third-order valence-electron chi connectivity index (χ3n) is 4.67. The van der Waals surface area contributed by atoms with Crippen molar-refractivity contribution < 1.29 is 14.3 Å². The quantitative estimate of drug-likeness (QED) is 0.786. The molecule has 3 rings (SSSR count). The van der Waals surface area contributed by atoms with Gasteiger partial charge in [0.2, 0.25) is 0 Å². The molecular formula is C20H22ClNO3. The number of nitrogens with one attached hydrogen (secondary N) is 1. The van der Waals surface area contributed by atoms with Crippen LogP contribution in [-0.4, -0.2) is 23.3 Å². The second-order valence-electron chi connectivity index (χ2n) is 6.35. The predicted molar refractivity (Wildman–Crippen MR) is 97.6 cm³/mol. The van der Waals surface area contributed by atoms with E-state index in [1.807, 2.05) is 31.2 Å². The number of rotatable bonds is 5. The molecular weight excluding hydrogens is 338 g/mol. The van der Waals surface area contributed by atoms with Crippen LogP contribution in [0.5, 0.6) is 0 Å². The van der Waals surface area contributed by atoms with Crippen LogP contribution >= 0.6 is 11.6 Å². The molecule has 1 aromatic heterocycles. The fourth-order valence-corrected chi connectivity index (χ4v) is 3.92. The monoisotopic (exact) mass is 359 g/mol. The number of aromatic amines is 1. The van der Waals surface area contributed by atoms with Crippen LogP contribution in [0.25, 0.3) is 0 Å². The van der Waals surface area contributed by atoms with Crippen LogP contribution < -0.4 is 0 Å². The maximum absolute atomic E-state index is 12.9. The summed E-state index contributed by atoms with van der Waals surface area (Å²) in [5.41, 5.74) is 3.73. The Labute approximate surface area is 152 Å². The summed E-state index contributed by atoms with van der Waals surface area (Å²) in [4.78, 5) is 28.3. The number of ether oxygens (including phenoxy) is 1. The third kappa shape index (κ3) is 3.36. The van der Waals surface area contributed by atoms with Gasteiger partial charge >= 0.3 is 5.97 Å². The van der Waals surface area contributed by atoms with Gasteiger partial charge in [-0.15, -0.1) is 0 Å². The zero-order chi connectivity index (χ0) is 18.0. The molecule has 25 heavy (non-hydrogen) atoms. The minimum atomic E-state index is -0.387. The van der Waals surface area contributed by atoms with E-state index < -0.39 is 0 Å². The fraction of sp³-hybridized carbons (Fsp3) is 0.400. The second kappa shape index (κ2) is 7.44. The van der Waals surface area contributed by atoms with E-state index in [0.717, 1.165) is 23.2 Å². The van der Waals surface area contributed by atoms with E-state index in [1.165, 1.54) is 0 Å². The number of Topliss-reactive ketones (excluding diaryl/α,β-unsaturated/α-hetero) is 1. The van der Waals surface area contributed by atoms with Crippen LogP contribution in [-0.2, 0) is 17.6 Å². The molecule has 2 aromatic rings. The van der Waals surface area contributed by atoms with Crippen molar-refractivity contribution in [3.63, 3.8) is 0 Å². The third-order valence-corrected chi connectivity index (χ3v) is 5.01. The Kier molecular flexibility index (Phi) is 5.28. The first kappa shape index (κ1) is 17.7.